The lowest BCUT2D eigenvalue weighted by Gasteiger charge is -2.31. The number of rotatable bonds is 4. The number of amides is 1. The number of nitrogens with two attached hydrogens (primary N) is 1. The summed E-state index contributed by atoms with van der Waals surface area (Å²) in [5.41, 5.74) is 0.172. The van der Waals surface area contributed by atoms with Crippen molar-refractivity contribution in [2.24, 2.45) is 11.1 Å². The molecule has 0 aliphatic carbocycles. The molecule has 1 amide bonds. The van der Waals surface area contributed by atoms with E-state index in [2.05, 4.69) is 0 Å². The summed E-state index contributed by atoms with van der Waals surface area (Å²) in [6.07, 6.45) is 0.380. The summed E-state index contributed by atoms with van der Waals surface area (Å²) in [5.74, 6) is -2.18. The Morgan fingerprint density at radius 2 is 2.04 bits per heavy atom. The molecule has 126 valence electrons. The van der Waals surface area contributed by atoms with Crippen LogP contribution in [-0.4, -0.2) is 42.4 Å². The van der Waals surface area contributed by atoms with Crippen molar-refractivity contribution in [1.82, 2.24) is 4.90 Å². The minimum absolute atomic E-state index is 0.139. The van der Waals surface area contributed by atoms with Crippen LogP contribution in [0.25, 0.3) is 0 Å². The molecule has 0 spiro atoms. The molecule has 0 aromatic heterocycles. The molecule has 0 bridgehead atoms. The third-order valence-electron chi connectivity index (χ3n) is 4.02. The van der Waals surface area contributed by atoms with Crippen LogP contribution in [-0.2, 0) is 20.6 Å². The molecule has 1 heterocycles. The van der Waals surface area contributed by atoms with Crippen molar-refractivity contribution in [3.05, 3.63) is 35.4 Å². The Bertz CT molecular complexity index is 742. The van der Waals surface area contributed by atoms with Crippen LogP contribution in [0.2, 0.25) is 0 Å². The Hall–Kier alpha value is -1.93. The zero-order chi connectivity index (χ0) is 17.4. The third kappa shape index (κ3) is 4.08. The fourth-order valence-electron chi connectivity index (χ4n) is 2.95. The maximum atomic E-state index is 12.7. The van der Waals surface area contributed by atoms with Gasteiger partial charge in [0, 0.05) is 17.6 Å². The number of carbonyl (C=O) groups excluding carboxylic acids is 1. The van der Waals surface area contributed by atoms with E-state index in [1.165, 1.54) is 11.0 Å². The number of hydrogen-bond donors (Lipinski definition) is 2. The molecular formula is C15H20N2O5S. The summed E-state index contributed by atoms with van der Waals surface area (Å²) in [6.45, 7) is 3.78. The molecule has 8 heteroatoms. The number of likely N-dealkylation sites (tertiary alicyclic amines) is 1. The molecule has 0 radical (unpaired) electrons. The van der Waals surface area contributed by atoms with Crippen LogP contribution in [0.3, 0.4) is 0 Å². The van der Waals surface area contributed by atoms with E-state index in [1.807, 2.05) is 13.8 Å². The number of carboxylic acid groups (broad SMARTS) is 1. The highest BCUT2D eigenvalue weighted by molar-refractivity contribution is 7.88. The van der Waals surface area contributed by atoms with Crippen LogP contribution in [0, 0.1) is 5.92 Å². The Kier molecular flexibility index (Phi) is 4.50. The number of carbonyl (C=O) groups is 2. The number of carboxylic acids is 1. The molecule has 7 nitrogen and oxygen atoms in total. The minimum Gasteiger partial charge on any atom is -0.481 e. The number of aliphatic carboxylic acids is 1. The minimum atomic E-state index is -3.68. The van der Waals surface area contributed by atoms with Crippen LogP contribution in [0.4, 0.5) is 0 Å². The molecule has 1 unspecified atom stereocenters. The Morgan fingerprint density at radius 1 is 1.39 bits per heavy atom. The molecule has 0 saturated carbocycles. The van der Waals surface area contributed by atoms with Crippen molar-refractivity contribution in [1.29, 1.82) is 0 Å². The van der Waals surface area contributed by atoms with Gasteiger partial charge in [0.15, 0.2) is 0 Å². The summed E-state index contributed by atoms with van der Waals surface area (Å²) in [6, 6.07) is 6.23. The monoisotopic (exact) mass is 340 g/mol. The average Bonchev–Trinajstić information content (AvgIpc) is 2.72. The predicted molar refractivity (Wildman–Crippen MR) is 84.1 cm³/mol. The van der Waals surface area contributed by atoms with Gasteiger partial charge in [-0.05, 0) is 38.0 Å². The Labute approximate surface area is 135 Å². The van der Waals surface area contributed by atoms with E-state index in [4.69, 9.17) is 10.2 Å². The van der Waals surface area contributed by atoms with Gasteiger partial charge in [-0.1, -0.05) is 12.1 Å². The normalized spacial score (nSPS) is 20.5. The van der Waals surface area contributed by atoms with Gasteiger partial charge >= 0.3 is 5.97 Å². The van der Waals surface area contributed by atoms with E-state index in [0.29, 0.717) is 17.5 Å². The van der Waals surface area contributed by atoms with Gasteiger partial charge in [-0.25, -0.2) is 13.6 Å². The van der Waals surface area contributed by atoms with Gasteiger partial charge in [0.25, 0.3) is 5.91 Å². The summed E-state index contributed by atoms with van der Waals surface area (Å²) in [7, 11) is -3.68. The maximum absolute atomic E-state index is 12.7. The Morgan fingerprint density at radius 3 is 2.57 bits per heavy atom. The van der Waals surface area contributed by atoms with Gasteiger partial charge in [-0.2, -0.15) is 0 Å². The molecule has 1 aromatic carbocycles. The predicted octanol–water partition coefficient (Wildman–Crippen LogP) is 0.800. The van der Waals surface area contributed by atoms with Gasteiger partial charge in [0.2, 0.25) is 10.0 Å². The highest BCUT2D eigenvalue weighted by atomic mass is 32.2. The largest absolute Gasteiger partial charge is 0.481 e. The van der Waals surface area contributed by atoms with Crippen LogP contribution < -0.4 is 5.14 Å². The Balaban J connectivity index is 2.27. The van der Waals surface area contributed by atoms with Crippen molar-refractivity contribution in [2.45, 2.75) is 31.6 Å². The van der Waals surface area contributed by atoms with Crippen molar-refractivity contribution < 1.29 is 23.1 Å². The smallest absolute Gasteiger partial charge is 0.308 e. The lowest BCUT2D eigenvalue weighted by molar-refractivity contribution is -0.141. The first-order chi connectivity index (χ1) is 10.5. The lowest BCUT2D eigenvalue weighted by Crippen LogP contribution is -2.42. The summed E-state index contributed by atoms with van der Waals surface area (Å²) in [5, 5.41) is 14.2. The molecule has 3 N–H and O–H groups in total. The fourth-order valence-corrected chi connectivity index (χ4v) is 3.59. The number of sulfonamides is 1. The highest BCUT2D eigenvalue weighted by Gasteiger charge is 2.44. The van der Waals surface area contributed by atoms with Crippen LogP contribution >= 0.6 is 0 Å². The van der Waals surface area contributed by atoms with Gasteiger partial charge in [-0.15, -0.1) is 0 Å². The van der Waals surface area contributed by atoms with E-state index < -0.39 is 27.4 Å². The van der Waals surface area contributed by atoms with E-state index in [9.17, 15) is 18.0 Å². The van der Waals surface area contributed by atoms with Crippen molar-refractivity contribution in [3.63, 3.8) is 0 Å². The highest BCUT2D eigenvalue weighted by Crippen LogP contribution is 2.34. The zero-order valence-corrected chi connectivity index (χ0v) is 13.8. The second-order valence-corrected chi connectivity index (χ2v) is 8.09. The molecule has 23 heavy (non-hydrogen) atoms. The second kappa shape index (κ2) is 5.93. The van der Waals surface area contributed by atoms with Gasteiger partial charge in [0.1, 0.15) is 0 Å². The molecule has 1 aliphatic rings. The van der Waals surface area contributed by atoms with Crippen LogP contribution in [0.5, 0.6) is 0 Å². The van der Waals surface area contributed by atoms with Crippen molar-refractivity contribution in [2.75, 3.05) is 6.54 Å². The van der Waals surface area contributed by atoms with Crippen molar-refractivity contribution >= 4 is 21.9 Å². The van der Waals surface area contributed by atoms with Crippen molar-refractivity contribution in [3.8, 4) is 0 Å². The second-order valence-electron chi connectivity index (χ2n) is 6.48. The number of primary sulfonamides is 1. The van der Waals surface area contributed by atoms with Crippen LogP contribution in [0.15, 0.2) is 24.3 Å². The summed E-state index contributed by atoms with van der Waals surface area (Å²) < 4.78 is 22.4. The van der Waals surface area contributed by atoms with E-state index in [-0.39, 0.29) is 18.2 Å². The number of hydrogen-bond acceptors (Lipinski definition) is 4. The zero-order valence-electron chi connectivity index (χ0n) is 13.0. The topological polar surface area (TPSA) is 118 Å². The number of nitrogens with zero attached hydrogens (tertiary/aromatic N) is 1. The summed E-state index contributed by atoms with van der Waals surface area (Å²) >= 11 is 0. The van der Waals surface area contributed by atoms with Gasteiger partial charge in [-0.3, -0.25) is 9.59 Å². The SMILES string of the molecule is CC1(C)CC(C(=O)O)CN1C(=O)c1cccc(CS(N)(=O)=O)c1. The summed E-state index contributed by atoms with van der Waals surface area (Å²) in [4.78, 5) is 25.4. The quantitative estimate of drug-likeness (QED) is 0.840. The first kappa shape index (κ1) is 17.4. The first-order valence-electron chi connectivity index (χ1n) is 7.14. The third-order valence-corrected chi connectivity index (χ3v) is 4.75. The molecule has 1 saturated heterocycles. The fraction of sp³-hybridized carbons (Fsp3) is 0.467. The molecule has 2 rings (SSSR count). The van der Waals surface area contributed by atoms with Crippen LogP contribution in [0.1, 0.15) is 36.2 Å². The van der Waals surface area contributed by atoms with E-state index in [1.54, 1.807) is 18.2 Å². The molecular weight excluding hydrogens is 320 g/mol. The van der Waals surface area contributed by atoms with Gasteiger partial charge < -0.3 is 10.0 Å². The first-order valence-corrected chi connectivity index (χ1v) is 8.85. The average molecular weight is 340 g/mol. The molecule has 1 aromatic rings. The van der Waals surface area contributed by atoms with Gasteiger partial charge in [0.05, 0.1) is 11.7 Å². The number of benzene rings is 1. The molecule has 1 aliphatic heterocycles. The molecule has 1 fully saturated rings. The van der Waals surface area contributed by atoms with E-state index >= 15 is 0 Å². The maximum Gasteiger partial charge on any atom is 0.308 e. The molecule has 1 atom stereocenters. The standard InChI is InChI=1S/C15H20N2O5S/c1-15(2)7-12(14(19)20)8-17(15)13(18)11-5-3-4-10(6-11)9-23(16,21)22/h3-6,12H,7-9H2,1-2H3,(H,19,20)(H2,16,21,22). The lowest BCUT2D eigenvalue weighted by atomic mass is 9.96. The van der Waals surface area contributed by atoms with E-state index in [0.717, 1.165) is 0 Å².